The predicted molar refractivity (Wildman–Crippen MR) is 88.5 cm³/mol. The van der Waals surface area contributed by atoms with E-state index < -0.39 is 10.0 Å². The molecule has 0 aromatic heterocycles. The molecular formula is C16H24N2O3S. The first-order valence-corrected chi connectivity index (χ1v) is 9.47. The molecule has 1 aromatic carbocycles. The van der Waals surface area contributed by atoms with Crippen molar-refractivity contribution in [2.45, 2.75) is 33.1 Å². The van der Waals surface area contributed by atoms with Crippen LogP contribution in [0, 0.1) is 13.8 Å². The van der Waals surface area contributed by atoms with E-state index >= 15 is 0 Å². The van der Waals surface area contributed by atoms with Gasteiger partial charge in [0.05, 0.1) is 11.9 Å². The summed E-state index contributed by atoms with van der Waals surface area (Å²) in [7, 11) is -3.41. The number of aryl methyl sites for hydroxylation is 1. The highest BCUT2D eigenvalue weighted by Crippen LogP contribution is 2.25. The number of sulfonamides is 1. The van der Waals surface area contributed by atoms with Crippen LogP contribution < -0.4 is 4.31 Å². The van der Waals surface area contributed by atoms with Crippen molar-refractivity contribution in [2.75, 3.05) is 30.2 Å². The third-order valence-electron chi connectivity index (χ3n) is 4.23. The summed E-state index contributed by atoms with van der Waals surface area (Å²) in [6, 6.07) is 5.59. The molecule has 1 aromatic rings. The second-order valence-electron chi connectivity index (χ2n) is 5.89. The minimum atomic E-state index is -3.41. The molecule has 0 N–H and O–H groups in total. The average molecular weight is 324 g/mol. The Balaban J connectivity index is 2.17. The predicted octanol–water partition coefficient (Wildman–Crippen LogP) is 2.08. The number of amides is 1. The Morgan fingerprint density at radius 2 is 1.86 bits per heavy atom. The fraction of sp³-hybridized carbons (Fsp3) is 0.562. The van der Waals surface area contributed by atoms with Crippen LogP contribution in [0.5, 0.6) is 0 Å². The van der Waals surface area contributed by atoms with Crippen molar-refractivity contribution >= 4 is 21.6 Å². The van der Waals surface area contributed by atoms with Gasteiger partial charge in [-0.1, -0.05) is 12.1 Å². The quantitative estimate of drug-likeness (QED) is 0.833. The molecule has 122 valence electrons. The van der Waals surface area contributed by atoms with Gasteiger partial charge < -0.3 is 4.90 Å². The molecule has 1 heterocycles. The van der Waals surface area contributed by atoms with Gasteiger partial charge in [0, 0.05) is 26.1 Å². The Morgan fingerprint density at radius 3 is 2.45 bits per heavy atom. The summed E-state index contributed by atoms with van der Waals surface area (Å²) in [6.45, 7) is 5.64. The minimum Gasteiger partial charge on any atom is -0.343 e. The number of likely N-dealkylation sites (tertiary alicyclic amines) is 1. The third-order valence-corrected chi connectivity index (χ3v) is 5.41. The van der Waals surface area contributed by atoms with Crippen LogP contribution in [0.2, 0.25) is 0 Å². The van der Waals surface area contributed by atoms with Gasteiger partial charge in [-0.3, -0.25) is 9.10 Å². The molecule has 0 bridgehead atoms. The fourth-order valence-electron chi connectivity index (χ4n) is 2.79. The molecule has 1 aliphatic heterocycles. The Kier molecular flexibility index (Phi) is 5.11. The molecule has 1 aliphatic rings. The maximum absolute atomic E-state index is 12.2. The first-order chi connectivity index (χ1) is 10.3. The summed E-state index contributed by atoms with van der Waals surface area (Å²) in [4.78, 5) is 14.0. The lowest BCUT2D eigenvalue weighted by molar-refractivity contribution is -0.129. The van der Waals surface area contributed by atoms with Gasteiger partial charge in [-0.05, 0) is 43.9 Å². The van der Waals surface area contributed by atoms with Crippen LogP contribution in [0.3, 0.4) is 0 Å². The number of hydrogen-bond donors (Lipinski definition) is 0. The second-order valence-corrected chi connectivity index (χ2v) is 7.80. The van der Waals surface area contributed by atoms with Crippen LogP contribution in [-0.2, 0) is 14.8 Å². The molecule has 5 nitrogen and oxygen atoms in total. The summed E-state index contributed by atoms with van der Waals surface area (Å²) < 4.78 is 25.6. The molecule has 6 heteroatoms. The van der Waals surface area contributed by atoms with Crippen molar-refractivity contribution in [1.29, 1.82) is 0 Å². The summed E-state index contributed by atoms with van der Waals surface area (Å²) in [5.41, 5.74) is 2.63. The van der Waals surface area contributed by atoms with Gasteiger partial charge >= 0.3 is 0 Å². The van der Waals surface area contributed by atoms with Gasteiger partial charge in [-0.2, -0.15) is 0 Å². The number of rotatable bonds is 5. The summed E-state index contributed by atoms with van der Waals surface area (Å²) in [5, 5.41) is 0. The fourth-order valence-corrected chi connectivity index (χ4v) is 3.77. The van der Waals surface area contributed by atoms with Gasteiger partial charge in [-0.25, -0.2) is 8.42 Å². The van der Waals surface area contributed by atoms with E-state index in [9.17, 15) is 13.2 Å². The van der Waals surface area contributed by atoms with Crippen LogP contribution in [0.25, 0.3) is 0 Å². The zero-order valence-corrected chi connectivity index (χ0v) is 14.3. The number of carbonyl (C=O) groups excluding carboxylic acids is 1. The molecule has 1 amide bonds. The Morgan fingerprint density at radius 1 is 1.23 bits per heavy atom. The van der Waals surface area contributed by atoms with E-state index in [0.29, 0.717) is 5.69 Å². The van der Waals surface area contributed by atoms with Crippen LogP contribution >= 0.6 is 0 Å². The van der Waals surface area contributed by atoms with E-state index in [-0.39, 0.29) is 18.9 Å². The highest BCUT2D eigenvalue weighted by molar-refractivity contribution is 7.92. The van der Waals surface area contributed by atoms with E-state index in [1.54, 1.807) is 6.07 Å². The lowest BCUT2D eigenvalue weighted by Gasteiger charge is -2.25. The van der Waals surface area contributed by atoms with Gasteiger partial charge in [0.25, 0.3) is 0 Å². The Labute approximate surface area is 133 Å². The van der Waals surface area contributed by atoms with E-state index in [1.807, 2.05) is 30.9 Å². The number of carbonyl (C=O) groups is 1. The number of benzene rings is 1. The van der Waals surface area contributed by atoms with Gasteiger partial charge in [0.1, 0.15) is 0 Å². The van der Waals surface area contributed by atoms with Crippen LogP contribution in [0.15, 0.2) is 18.2 Å². The molecular weight excluding hydrogens is 300 g/mol. The molecule has 0 atom stereocenters. The molecule has 0 unspecified atom stereocenters. The third kappa shape index (κ3) is 3.80. The number of anilines is 1. The molecule has 2 rings (SSSR count). The van der Waals surface area contributed by atoms with Crippen molar-refractivity contribution in [3.8, 4) is 0 Å². The lowest BCUT2D eigenvalue weighted by atomic mass is 10.1. The Bertz CT molecular complexity index is 649. The molecule has 0 saturated carbocycles. The summed E-state index contributed by atoms with van der Waals surface area (Å²) in [5.74, 6) is 0.0384. The van der Waals surface area contributed by atoms with Crippen LogP contribution in [0.4, 0.5) is 5.69 Å². The normalized spacial score (nSPS) is 15.1. The molecule has 22 heavy (non-hydrogen) atoms. The van der Waals surface area contributed by atoms with Crippen molar-refractivity contribution < 1.29 is 13.2 Å². The maximum atomic E-state index is 12.2. The van der Waals surface area contributed by atoms with E-state index in [1.165, 1.54) is 10.6 Å². The van der Waals surface area contributed by atoms with E-state index in [0.717, 1.165) is 37.1 Å². The molecule has 0 aliphatic carbocycles. The largest absolute Gasteiger partial charge is 0.343 e. The molecule has 1 fully saturated rings. The first-order valence-electron chi connectivity index (χ1n) is 7.62. The van der Waals surface area contributed by atoms with Gasteiger partial charge in [0.15, 0.2) is 0 Å². The van der Waals surface area contributed by atoms with Gasteiger partial charge in [0.2, 0.25) is 15.9 Å². The first kappa shape index (κ1) is 16.8. The van der Waals surface area contributed by atoms with Crippen LogP contribution in [-0.4, -0.2) is 45.1 Å². The molecule has 1 saturated heterocycles. The number of nitrogens with zero attached hydrogens (tertiary/aromatic N) is 2. The SMILES string of the molecule is Cc1cccc(N(CCC(=O)N2CCCC2)S(C)(=O)=O)c1C. The van der Waals surface area contributed by atoms with Crippen molar-refractivity contribution in [3.05, 3.63) is 29.3 Å². The van der Waals surface area contributed by atoms with Gasteiger partial charge in [-0.15, -0.1) is 0 Å². The minimum absolute atomic E-state index is 0.0384. The smallest absolute Gasteiger partial charge is 0.232 e. The highest BCUT2D eigenvalue weighted by Gasteiger charge is 2.23. The monoisotopic (exact) mass is 324 g/mol. The topological polar surface area (TPSA) is 57.7 Å². The lowest BCUT2D eigenvalue weighted by Crippen LogP contribution is -2.36. The maximum Gasteiger partial charge on any atom is 0.232 e. The van der Waals surface area contributed by atoms with Crippen LogP contribution in [0.1, 0.15) is 30.4 Å². The van der Waals surface area contributed by atoms with E-state index in [4.69, 9.17) is 0 Å². The highest BCUT2D eigenvalue weighted by atomic mass is 32.2. The zero-order chi connectivity index (χ0) is 16.3. The van der Waals surface area contributed by atoms with Crippen molar-refractivity contribution in [2.24, 2.45) is 0 Å². The standard InChI is InChI=1S/C16H24N2O3S/c1-13-7-6-8-15(14(13)2)18(22(3,20)21)12-9-16(19)17-10-4-5-11-17/h6-8H,4-5,9-12H2,1-3H3. The van der Waals surface area contributed by atoms with Crippen molar-refractivity contribution in [3.63, 3.8) is 0 Å². The van der Waals surface area contributed by atoms with Crippen molar-refractivity contribution in [1.82, 2.24) is 4.90 Å². The summed E-state index contributed by atoms with van der Waals surface area (Å²) >= 11 is 0. The molecule has 0 radical (unpaired) electrons. The average Bonchev–Trinajstić information content (AvgIpc) is 2.96. The Hall–Kier alpha value is -1.56. The van der Waals surface area contributed by atoms with E-state index in [2.05, 4.69) is 0 Å². The molecule has 0 spiro atoms. The second kappa shape index (κ2) is 6.69. The summed E-state index contributed by atoms with van der Waals surface area (Å²) in [6.07, 6.45) is 3.49. The number of hydrogen-bond acceptors (Lipinski definition) is 3. The zero-order valence-electron chi connectivity index (χ0n) is 13.5.